The first-order chi connectivity index (χ1) is 5.72. The summed E-state index contributed by atoms with van der Waals surface area (Å²) in [6.07, 6.45) is 0. The van der Waals surface area contributed by atoms with Gasteiger partial charge in [0.1, 0.15) is 0 Å². The number of nitrogens with zero attached hydrogens (tertiary/aromatic N) is 1. The maximum absolute atomic E-state index is 10.1. The van der Waals surface area contributed by atoms with Crippen molar-refractivity contribution in [3.8, 4) is 0 Å². The van der Waals surface area contributed by atoms with Crippen LogP contribution in [0, 0.1) is 10.1 Å². The van der Waals surface area contributed by atoms with Crippen molar-refractivity contribution >= 4 is 5.97 Å². The van der Waals surface area contributed by atoms with Crippen LogP contribution in [0.2, 0.25) is 0 Å². The van der Waals surface area contributed by atoms with Crippen LogP contribution in [0.4, 0.5) is 0 Å². The van der Waals surface area contributed by atoms with Gasteiger partial charge in [0.05, 0.1) is 5.97 Å². The minimum absolute atomic E-state index is 0. The summed E-state index contributed by atoms with van der Waals surface area (Å²) >= 11 is 0. The predicted molar refractivity (Wildman–Crippen MR) is 39.9 cm³/mol. The Bertz CT molecular complexity index is 255. The first kappa shape index (κ1) is 19.6. The molecule has 0 heterocycles. The molecule has 0 aliphatic heterocycles. The van der Waals surface area contributed by atoms with Crippen molar-refractivity contribution in [1.29, 1.82) is 0 Å². The van der Waals surface area contributed by atoms with Crippen LogP contribution in [0.5, 0.6) is 0 Å². The van der Waals surface area contributed by atoms with Gasteiger partial charge >= 0.3 is 59.1 Å². The molecule has 5 nitrogen and oxygen atoms in total. The van der Waals surface area contributed by atoms with Crippen LogP contribution >= 0.6 is 0 Å². The molecule has 0 spiro atoms. The number of rotatable bonds is 1. The van der Waals surface area contributed by atoms with Gasteiger partial charge in [-0.3, -0.25) is 0 Å². The summed E-state index contributed by atoms with van der Waals surface area (Å²) < 4.78 is 0. The van der Waals surface area contributed by atoms with Gasteiger partial charge in [-0.2, -0.15) is 0 Å². The number of carboxylic acids is 1. The van der Waals surface area contributed by atoms with Crippen LogP contribution in [0.15, 0.2) is 35.7 Å². The van der Waals surface area contributed by atoms with Crippen molar-refractivity contribution in [2.45, 2.75) is 0 Å². The third kappa shape index (κ3) is 10.2. The third-order valence-corrected chi connectivity index (χ3v) is 1.01. The maximum atomic E-state index is 10.1. The molecule has 0 saturated carbocycles. The van der Waals surface area contributed by atoms with Gasteiger partial charge < -0.3 is 20.0 Å². The van der Waals surface area contributed by atoms with Gasteiger partial charge in [-0.25, -0.2) is 0 Å². The Morgan fingerprint density at radius 2 is 1.50 bits per heavy atom. The summed E-state index contributed by atoms with van der Waals surface area (Å²) in [5.74, 6) is -1.13. The molecule has 14 heavy (non-hydrogen) atoms. The second-order valence-electron chi connectivity index (χ2n) is 1.73. The van der Waals surface area contributed by atoms with Gasteiger partial charge in [0.15, 0.2) is 0 Å². The molecule has 0 radical (unpaired) electrons. The quantitative estimate of drug-likeness (QED) is 0.264. The summed E-state index contributed by atoms with van der Waals surface area (Å²) in [5, 5.41) is 19.1. The van der Waals surface area contributed by atoms with Crippen molar-refractivity contribution in [2.24, 2.45) is 5.34 Å². The summed E-state index contributed by atoms with van der Waals surface area (Å²) in [5.41, 5.74) is 0.220. The zero-order chi connectivity index (χ0) is 9.40. The molecule has 0 aromatic heterocycles. The monoisotopic (exact) mass is 213 g/mol. The fraction of sp³-hybridized carbons (Fsp3) is 0. The van der Waals surface area contributed by atoms with Crippen LogP contribution < -0.4 is 64.2 Å². The Kier molecular flexibility index (Phi) is 18.4. The molecule has 0 saturated heterocycles. The normalized spacial score (nSPS) is 6.57. The first-order valence-corrected chi connectivity index (χ1v) is 2.93. The molecule has 7 heteroatoms. The van der Waals surface area contributed by atoms with E-state index in [2.05, 4.69) is 0 Å². The number of carbonyl (C=O) groups excluding carboxylic acids is 1. The number of benzene rings is 1. The molecule has 1 aromatic carbocycles. The van der Waals surface area contributed by atoms with Gasteiger partial charge in [0.2, 0.25) is 0 Å². The van der Waals surface area contributed by atoms with Gasteiger partial charge in [0, 0.05) is 0 Å². The van der Waals surface area contributed by atoms with Gasteiger partial charge in [-0.15, -0.1) is 5.34 Å². The molecule has 0 N–H and O–H groups in total. The Morgan fingerprint density at radius 1 is 1.14 bits per heavy atom. The SMILES string of the molecule is O=C([O-])c1ccccc1.O=N[O-].[Na+].[Na+]. The zero-order valence-electron chi connectivity index (χ0n) is 7.97. The summed E-state index contributed by atoms with van der Waals surface area (Å²) in [6, 6.07) is 8.06. The second kappa shape index (κ2) is 13.1. The van der Waals surface area contributed by atoms with Crippen molar-refractivity contribution in [3.05, 3.63) is 46.0 Å². The average Bonchev–Trinajstić information content (AvgIpc) is 2.07. The van der Waals surface area contributed by atoms with Crippen LogP contribution in [-0.4, -0.2) is 5.97 Å². The molecule has 0 unspecified atom stereocenters. The van der Waals surface area contributed by atoms with E-state index in [1.807, 2.05) is 0 Å². The van der Waals surface area contributed by atoms with Crippen LogP contribution in [0.25, 0.3) is 0 Å². The van der Waals surface area contributed by atoms with E-state index in [-0.39, 0.29) is 64.7 Å². The number of aromatic carboxylic acids is 1. The topological polar surface area (TPSA) is 92.6 Å². The van der Waals surface area contributed by atoms with E-state index < -0.39 is 5.97 Å². The van der Waals surface area contributed by atoms with E-state index in [4.69, 9.17) is 10.1 Å². The van der Waals surface area contributed by atoms with E-state index in [1.54, 1.807) is 18.2 Å². The number of hydrogen-bond acceptors (Lipinski definition) is 5. The Balaban J connectivity index is -0.000000218. The second-order valence-corrected chi connectivity index (χ2v) is 1.73. The fourth-order valence-electron chi connectivity index (χ4n) is 0.574. The molecule has 0 fully saturated rings. The van der Waals surface area contributed by atoms with Crippen molar-refractivity contribution in [2.75, 3.05) is 0 Å². The Morgan fingerprint density at radius 3 is 1.71 bits per heavy atom. The molecule has 0 aliphatic rings. The molecule has 0 amide bonds. The number of carboxylic acid groups (broad SMARTS) is 1. The maximum Gasteiger partial charge on any atom is 1.00 e. The predicted octanol–water partition coefficient (Wildman–Crippen LogP) is -5.69. The van der Waals surface area contributed by atoms with Crippen molar-refractivity contribution < 1.29 is 69.0 Å². The van der Waals surface area contributed by atoms with Crippen LogP contribution in [0.3, 0.4) is 0 Å². The fourth-order valence-corrected chi connectivity index (χ4v) is 0.574. The van der Waals surface area contributed by atoms with Crippen LogP contribution in [-0.2, 0) is 0 Å². The van der Waals surface area contributed by atoms with Crippen LogP contribution in [0.1, 0.15) is 10.4 Å². The molecular weight excluding hydrogens is 208 g/mol. The van der Waals surface area contributed by atoms with Gasteiger partial charge in [0.25, 0.3) is 0 Å². The molecule has 1 rings (SSSR count). The minimum Gasteiger partial charge on any atom is -0.545 e. The van der Waals surface area contributed by atoms with Gasteiger partial charge in [-0.1, -0.05) is 30.3 Å². The number of hydrogen-bond donors (Lipinski definition) is 0. The molecular formula is C7H5NNa2O4. The standard InChI is InChI=1S/C7H6O2.HNO2.2Na/c8-7(9)6-4-2-1-3-5-6;2-1-3;;/h1-5H,(H,8,9);(H,2,3);;/q;;2*+1/p-2. The Labute approximate surface area is 125 Å². The van der Waals surface area contributed by atoms with Crippen molar-refractivity contribution in [1.82, 2.24) is 0 Å². The molecule has 0 bridgehead atoms. The number of carbonyl (C=O) groups is 1. The van der Waals surface area contributed by atoms with E-state index in [9.17, 15) is 9.90 Å². The molecule has 64 valence electrons. The summed E-state index contributed by atoms with van der Waals surface area (Å²) in [4.78, 5) is 18.1. The third-order valence-electron chi connectivity index (χ3n) is 1.01. The smallest absolute Gasteiger partial charge is 0.545 e. The first-order valence-electron chi connectivity index (χ1n) is 2.93. The zero-order valence-corrected chi connectivity index (χ0v) is 12.0. The van der Waals surface area contributed by atoms with E-state index in [0.29, 0.717) is 0 Å². The van der Waals surface area contributed by atoms with E-state index in [0.717, 1.165) is 5.34 Å². The largest absolute Gasteiger partial charge is 1.00 e. The average molecular weight is 213 g/mol. The molecule has 0 atom stereocenters. The minimum atomic E-state index is -1.13. The van der Waals surface area contributed by atoms with E-state index >= 15 is 0 Å². The summed E-state index contributed by atoms with van der Waals surface area (Å²) in [7, 11) is 0. The van der Waals surface area contributed by atoms with Gasteiger partial charge in [-0.05, 0) is 5.56 Å². The molecule has 0 aliphatic carbocycles. The summed E-state index contributed by atoms with van der Waals surface area (Å²) in [6.45, 7) is 0. The van der Waals surface area contributed by atoms with Crippen molar-refractivity contribution in [3.63, 3.8) is 0 Å². The Hall–Kier alpha value is 0.0900. The molecule has 1 aromatic rings. The van der Waals surface area contributed by atoms with E-state index in [1.165, 1.54) is 12.1 Å².